The molecule has 0 spiro atoms. The van der Waals surface area contributed by atoms with Crippen LogP contribution in [0.3, 0.4) is 0 Å². The molecule has 126 valence electrons. The summed E-state index contributed by atoms with van der Waals surface area (Å²) in [6.07, 6.45) is 1.84. The van der Waals surface area contributed by atoms with Crippen LogP contribution in [0.5, 0.6) is 0 Å². The molecule has 1 aliphatic heterocycles. The molecule has 2 aromatic carbocycles. The number of rotatable bonds is 4. The van der Waals surface area contributed by atoms with Crippen molar-refractivity contribution in [1.29, 1.82) is 0 Å². The summed E-state index contributed by atoms with van der Waals surface area (Å²) in [5.41, 5.74) is 2.77. The number of anilines is 1. The topological polar surface area (TPSA) is 32.3 Å². The average Bonchev–Trinajstić information content (AvgIpc) is 2.59. The lowest BCUT2D eigenvalue weighted by Gasteiger charge is -2.32. The summed E-state index contributed by atoms with van der Waals surface area (Å²) >= 11 is 0. The zero-order valence-electron chi connectivity index (χ0n) is 14.0. The Morgan fingerprint density at radius 3 is 2.71 bits per heavy atom. The lowest BCUT2D eigenvalue weighted by Crippen LogP contribution is -2.40. The van der Waals surface area contributed by atoms with E-state index in [0.29, 0.717) is 6.54 Å². The molecule has 1 amide bonds. The van der Waals surface area contributed by atoms with E-state index in [0.717, 1.165) is 25.9 Å². The minimum atomic E-state index is -0.391. The highest BCUT2D eigenvalue weighted by molar-refractivity contribution is 5.92. The molecule has 0 radical (unpaired) electrons. The van der Waals surface area contributed by atoms with Gasteiger partial charge in [-0.25, -0.2) is 4.39 Å². The second kappa shape index (κ2) is 7.58. The lowest BCUT2D eigenvalue weighted by atomic mass is 9.96. The summed E-state index contributed by atoms with van der Waals surface area (Å²) in [5.74, 6) is -0.573. The highest BCUT2D eigenvalue weighted by atomic mass is 19.1. The van der Waals surface area contributed by atoms with Crippen LogP contribution in [-0.2, 0) is 11.3 Å². The van der Waals surface area contributed by atoms with Gasteiger partial charge in [0.25, 0.3) is 0 Å². The molecule has 24 heavy (non-hydrogen) atoms. The maximum Gasteiger partial charge on any atom is 0.228 e. The van der Waals surface area contributed by atoms with Crippen molar-refractivity contribution >= 4 is 11.6 Å². The van der Waals surface area contributed by atoms with Crippen molar-refractivity contribution in [3.05, 3.63) is 65.5 Å². The number of nitrogens with one attached hydrogen (secondary N) is 1. The third-order valence-electron chi connectivity index (χ3n) is 4.53. The molecule has 1 N–H and O–H groups in total. The molecule has 1 saturated heterocycles. The summed E-state index contributed by atoms with van der Waals surface area (Å²) in [6.45, 7) is 4.64. The normalized spacial score (nSPS) is 18.3. The first-order valence-electron chi connectivity index (χ1n) is 8.45. The van der Waals surface area contributed by atoms with Crippen LogP contribution in [0, 0.1) is 18.7 Å². The van der Waals surface area contributed by atoms with Crippen LogP contribution in [0.1, 0.15) is 24.0 Å². The molecule has 1 atom stereocenters. The minimum Gasteiger partial charge on any atom is -0.323 e. The van der Waals surface area contributed by atoms with Crippen LogP contribution in [0.2, 0.25) is 0 Å². The number of carbonyl (C=O) groups excluding carboxylic acids is 1. The van der Waals surface area contributed by atoms with E-state index in [1.807, 2.05) is 0 Å². The fourth-order valence-corrected chi connectivity index (χ4v) is 3.16. The van der Waals surface area contributed by atoms with Gasteiger partial charge in [-0.3, -0.25) is 9.69 Å². The molecular weight excluding hydrogens is 303 g/mol. The molecule has 3 rings (SSSR count). The van der Waals surface area contributed by atoms with Gasteiger partial charge in [0.2, 0.25) is 5.91 Å². The van der Waals surface area contributed by atoms with E-state index in [-0.39, 0.29) is 17.5 Å². The van der Waals surface area contributed by atoms with E-state index in [1.54, 1.807) is 18.2 Å². The Morgan fingerprint density at radius 2 is 1.96 bits per heavy atom. The second-order valence-electron chi connectivity index (χ2n) is 6.53. The first-order valence-corrected chi connectivity index (χ1v) is 8.45. The van der Waals surface area contributed by atoms with E-state index in [1.165, 1.54) is 17.2 Å². The Bertz CT molecular complexity index is 699. The lowest BCUT2D eigenvalue weighted by molar-refractivity contribution is -0.121. The first-order chi connectivity index (χ1) is 11.6. The van der Waals surface area contributed by atoms with E-state index >= 15 is 0 Å². The van der Waals surface area contributed by atoms with Crippen LogP contribution in [0.25, 0.3) is 0 Å². The standard InChI is InChI=1S/C20H23FN2O/c1-15-8-10-16(11-9-15)13-23-12-4-5-17(14-23)20(24)22-19-7-3-2-6-18(19)21/h2-3,6-11,17H,4-5,12-14H2,1H3,(H,22,24). The molecule has 4 heteroatoms. The van der Waals surface area contributed by atoms with Crippen molar-refractivity contribution in [3.8, 4) is 0 Å². The van der Waals surface area contributed by atoms with Gasteiger partial charge in [-0.05, 0) is 44.0 Å². The Morgan fingerprint density at radius 1 is 1.21 bits per heavy atom. The highest BCUT2D eigenvalue weighted by Gasteiger charge is 2.26. The Kier molecular flexibility index (Phi) is 5.26. The van der Waals surface area contributed by atoms with Gasteiger partial charge in [0.15, 0.2) is 0 Å². The number of likely N-dealkylation sites (tertiary alicyclic amines) is 1. The summed E-state index contributed by atoms with van der Waals surface area (Å²) < 4.78 is 13.7. The maximum atomic E-state index is 13.7. The van der Waals surface area contributed by atoms with Crippen LogP contribution >= 0.6 is 0 Å². The number of hydrogen-bond donors (Lipinski definition) is 1. The summed E-state index contributed by atoms with van der Waals surface area (Å²) in [6, 6.07) is 14.8. The number of para-hydroxylation sites is 1. The van der Waals surface area contributed by atoms with Crippen molar-refractivity contribution in [2.45, 2.75) is 26.3 Å². The second-order valence-corrected chi connectivity index (χ2v) is 6.53. The third kappa shape index (κ3) is 4.20. The summed E-state index contributed by atoms with van der Waals surface area (Å²) in [4.78, 5) is 14.8. The van der Waals surface area contributed by atoms with E-state index in [4.69, 9.17) is 0 Å². The van der Waals surface area contributed by atoms with Crippen molar-refractivity contribution < 1.29 is 9.18 Å². The number of benzene rings is 2. The van der Waals surface area contributed by atoms with Gasteiger partial charge in [0.1, 0.15) is 5.82 Å². The number of aryl methyl sites for hydroxylation is 1. The molecule has 0 aliphatic carbocycles. The van der Waals surface area contributed by atoms with Crippen LogP contribution in [-0.4, -0.2) is 23.9 Å². The van der Waals surface area contributed by atoms with Gasteiger partial charge >= 0.3 is 0 Å². The van der Waals surface area contributed by atoms with Crippen LogP contribution < -0.4 is 5.32 Å². The van der Waals surface area contributed by atoms with Gasteiger partial charge in [-0.15, -0.1) is 0 Å². The number of carbonyl (C=O) groups is 1. The van der Waals surface area contributed by atoms with Crippen molar-refractivity contribution in [2.24, 2.45) is 5.92 Å². The van der Waals surface area contributed by atoms with Gasteiger partial charge in [-0.2, -0.15) is 0 Å². The zero-order chi connectivity index (χ0) is 16.9. The molecule has 2 aromatic rings. The number of nitrogens with zero attached hydrogens (tertiary/aromatic N) is 1. The van der Waals surface area contributed by atoms with Crippen molar-refractivity contribution in [1.82, 2.24) is 4.90 Å². The van der Waals surface area contributed by atoms with E-state index < -0.39 is 5.82 Å². The molecular formula is C20H23FN2O. The van der Waals surface area contributed by atoms with Gasteiger partial charge in [-0.1, -0.05) is 42.0 Å². The molecule has 1 heterocycles. The summed E-state index contributed by atoms with van der Waals surface area (Å²) in [5, 5.41) is 2.73. The van der Waals surface area contributed by atoms with E-state index in [2.05, 4.69) is 41.4 Å². The molecule has 1 unspecified atom stereocenters. The zero-order valence-corrected chi connectivity index (χ0v) is 14.0. The molecule has 1 aliphatic rings. The fraction of sp³-hybridized carbons (Fsp3) is 0.350. The molecule has 1 fully saturated rings. The van der Waals surface area contributed by atoms with E-state index in [9.17, 15) is 9.18 Å². The molecule has 0 saturated carbocycles. The number of amides is 1. The monoisotopic (exact) mass is 326 g/mol. The van der Waals surface area contributed by atoms with Crippen molar-refractivity contribution in [3.63, 3.8) is 0 Å². The predicted octanol–water partition coefficient (Wildman–Crippen LogP) is 3.98. The van der Waals surface area contributed by atoms with Gasteiger partial charge in [0.05, 0.1) is 11.6 Å². The Labute approximate surface area is 142 Å². The fourth-order valence-electron chi connectivity index (χ4n) is 3.16. The SMILES string of the molecule is Cc1ccc(CN2CCCC(C(=O)Nc3ccccc3F)C2)cc1. The van der Waals surface area contributed by atoms with Gasteiger partial charge in [0, 0.05) is 13.1 Å². The van der Waals surface area contributed by atoms with Crippen LogP contribution in [0.4, 0.5) is 10.1 Å². The minimum absolute atomic E-state index is 0.0892. The quantitative estimate of drug-likeness (QED) is 0.921. The van der Waals surface area contributed by atoms with Crippen LogP contribution in [0.15, 0.2) is 48.5 Å². The first kappa shape index (κ1) is 16.7. The third-order valence-corrected chi connectivity index (χ3v) is 4.53. The number of halogens is 1. The molecule has 0 aromatic heterocycles. The highest BCUT2D eigenvalue weighted by Crippen LogP contribution is 2.21. The maximum absolute atomic E-state index is 13.7. The number of hydrogen-bond acceptors (Lipinski definition) is 2. The molecule has 3 nitrogen and oxygen atoms in total. The number of piperidine rings is 1. The Hall–Kier alpha value is -2.20. The Balaban J connectivity index is 1.59. The average molecular weight is 326 g/mol. The van der Waals surface area contributed by atoms with Crippen molar-refractivity contribution in [2.75, 3.05) is 18.4 Å². The smallest absolute Gasteiger partial charge is 0.228 e. The largest absolute Gasteiger partial charge is 0.323 e. The predicted molar refractivity (Wildman–Crippen MR) is 94.2 cm³/mol. The molecule has 0 bridgehead atoms. The summed E-state index contributed by atoms with van der Waals surface area (Å²) in [7, 11) is 0. The van der Waals surface area contributed by atoms with Gasteiger partial charge < -0.3 is 5.32 Å².